The zero-order valence-corrected chi connectivity index (χ0v) is 13.3. The van der Waals surface area contributed by atoms with Gasteiger partial charge in [-0.15, -0.1) is 0 Å². The van der Waals surface area contributed by atoms with Gasteiger partial charge in [-0.25, -0.2) is 4.99 Å². The first kappa shape index (κ1) is 17.1. The lowest BCUT2D eigenvalue weighted by molar-refractivity contribution is -0.137. The molecule has 1 aromatic rings. The Morgan fingerprint density at radius 3 is 2.44 bits per heavy atom. The standard InChI is InChI=1S/C16H17F3N6/c17-16(18,19)12-8-11(5-4-10(12)9-20)25-14(22)23-13(21)24-15(25)6-2-1-3-7-15/h4-5,8H,1-3,6-7H2,(H4,21,22,23,24). The minimum absolute atomic E-state index is 0.00670. The summed E-state index contributed by atoms with van der Waals surface area (Å²) in [5.41, 5.74) is 9.68. The van der Waals surface area contributed by atoms with Gasteiger partial charge >= 0.3 is 6.18 Å². The van der Waals surface area contributed by atoms with Gasteiger partial charge in [-0.1, -0.05) is 6.42 Å². The Labute approximate surface area is 142 Å². The van der Waals surface area contributed by atoms with E-state index in [9.17, 15) is 13.2 Å². The molecule has 1 saturated carbocycles. The molecule has 1 spiro atoms. The summed E-state index contributed by atoms with van der Waals surface area (Å²) in [6, 6.07) is 5.08. The summed E-state index contributed by atoms with van der Waals surface area (Å²) in [7, 11) is 0. The van der Waals surface area contributed by atoms with Crippen LogP contribution >= 0.6 is 0 Å². The molecule has 132 valence electrons. The van der Waals surface area contributed by atoms with Gasteiger partial charge in [0.25, 0.3) is 0 Å². The first-order valence-electron chi connectivity index (χ1n) is 7.88. The molecule has 0 bridgehead atoms. The lowest BCUT2D eigenvalue weighted by Gasteiger charge is -2.45. The molecule has 1 aliphatic heterocycles. The Bertz CT molecular complexity index is 784. The number of hydrogen-bond acceptors (Lipinski definition) is 6. The van der Waals surface area contributed by atoms with Gasteiger partial charge in [0.05, 0.1) is 17.2 Å². The smallest absolute Gasteiger partial charge is 0.369 e. The maximum absolute atomic E-state index is 13.3. The summed E-state index contributed by atoms with van der Waals surface area (Å²) in [6.45, 7) is 0. The van der Waals surface area contributed by atoms with E-state index in [-0.39, 0.29) is 17.6 Å². The molecule has 0 aromatic heterocycles. The molecule has 2 aliphatic rings. The van der Waals surface area contributed by atoms with Crippen molar-refractivity contribution in [3.8, 4) is 6.07 Å². The van der Waals surface area contributed by atoms with Crippen LogP contribution in [-0.4, -0.2) is 17.6 Å². The highest BCUT2D eigenvalue weighted by atomic mass is 19.4. The second-order valence-electron chi connectivity index (χ2n) is 6.16. The normalized spacial score (nSPS) is 20.0. The number of guanidine groups is 2. The number of aliphatic imine (C=N–C) groups is 2. The lowest BCUT2D eigenvalue weighted by atomic mass is 9.87. The van der Waals surface area contributed by atoms with E-state index < -0.39 is 23.0 Å². The van der Waals surface area contributed by atoms with Crippen LogP contribution in [0, 0.1) is 11.3 Å². The van der Waals surface area contributed by atoms with Crippen LogP contribution in [-0.2, 0) is 6.18 Å². The number of alkyl halides is 3. The van der Waals surface area contributed by atoms with Gasteiger partial charge < -0.3 is 11.5 Å². The monoisotopic (exact) mass is 350 g/mol. The fourth-order valence-corrected chi connectivity index (χ4v) is 3.50. The fourth-order valence-electron chi connectivity index (χ4n) is 3.50. The molecule has 25 heavy (non-hydrogen) atoms. The first-order chi connectivity index (χ1) is 11.8. The Hall–Kier alpha value is -2.76. The minimum atomic E-state index is -4.65. The van der Waals surface area contributed by atoms with Crippen molar-refractivity contribution < 1.29 is 13.2 Å². The SMILES string of the molecule is N#Cc1ccc(N2C(N)=NC(N)=NC23CCCCC3)cc1C(F)(F)F. The lowest BCUT2D eigenvalue weighted by Crippen LogP contribution is -2.58. The van der Waals surface area contributed by atoms with Gasteiger partial charge in [0.2, 0.25) is 11.9 Å². The molecule has 0 unspecified atom stereocenters. The van der Waals surface area contributed by atoms with Crippen LogP contribution in [0.1, 0.15) is 43.2 Å². The number of hydrogen-bond donors (Lipinski definition) is 2. The number of rotatable bonds is 1. The molecule has 9 heteroatoms. The van der Waals surface area contributed by atoms with Crippen molar-refractivity contribution in [1.82, 2.24) is 0 Å². The molecule has 3 rings (SSSR count). The largest absolute Gasteiger partial charge is 0.417 e. The molecule has 1 fully saturated rings. The molecule has 4 N–H and O–H groups in total. The van der Waals surface area contributed by atoms with Crippen molar-refractivity contribution in [2.45, 2.75) is 43.9 Å². The molecule has 1 aliphatic carbocycles. The number of benzene rings is 1. The summed E-state index contributed by atoms with van der Waals surface area (Å²) < 4.78 is 39.9. The van der Waals surface area contributed by atoms with E-state index in [1.165, 1.54) is 11.0 Å². The van der Waals surface area contributed by atoms with Crippen LogP contribution in [0.2, 0.25) is 0 Å². The first-order valence-corrected chi connectivity index (χ1v) is 7.88. The Balaban J connectivity index is 2.13. The van der Waals surface area contributed by atoms with E-state index in [1.807, 2.05) is 0 Å². The van der Waals surface area contributed by atoms with Crippen molar-refractivity contribution in [1.29, 1.82) is 5.26 Å². The van der Waals surface area contributed by atoms with Gasteiger partial charge in [-0.05, 0) is 43.9 Å². The topological polar surface area (TPSA) is 104 Å². The molecule has 1 heterocycles. The maximum atomic E-state index is 13.3. The van der Waals surface area contributed by atoms with E-state index in [2.05, 4.69) is 9.98 Å². The number of nitriles is 1. The summed E-state index contributed by atoms with van der Waals surface area (Å²) >= 11 is 0. The predicted octanol–water partition coefficient (Wildman–Crippen LogP) is 2.69. The summed E-state index contributed by atoms with van der Waals surface area (Å²) in [4.78, 5) is 9.86. The number of halogens is 3. The van der Waals surface area contributed by atoms with Crippen molar-refractivity contribution in [3.63, 3.8) is 0 Å². The zero-order chi connectivity index (χ0) is 18.2. The molecule has 6 nitrogen and oxygen atoms in total. The second kappa shape index (κ2) is 5.95. The number of anilines is 1. The Kier molecular flexibility index (Phi) is 4.06. The van der Waals surface area contributed by atoms with Crippen LogP contribution in [0.15, 0.2) is 28.2 Å². The van der Waals surface area contributed by atoms with E-state index in [0.29, 0.717) is 12.8 Å². The van der Waals surface area contributed by atoms with Crippen molar-refractivity contribution in [2.24, 2.45) is 21.5 Å². The highest BCUT2D eigenvalue weighted by Gasteiger charge is 2.43. The Morgan fingerprint density at radius 1 is 1.16 bits per heavy atom. The van der Waals surface area contributed by atoms with Crippen molar-refractivity contribution >= 4 is 17.6 Å². The third kappa shape index (κ3) is 2.99. The molecule has 0 atom stereocenters. The highest BCUT2D eigenvalue weighted by molar-refractivity contribution is 6.05. The van der Waals surface area contributed by atoms with Crippen LogP contribution in [0.25, 0.3) is 0 Å². The van der Waals surface area contributed by atoms with Crippen molar-refractivity contribution in [3.05, 3.63) is 29.3 Å². The highest BCUT2D eigenvalue weighted by Crippen LogP contribution is 2.41. The molecular weight excluding hydrogens is 333 g/mol. The third-order valence-electron chi connectivity index (χ3n) is 4.54. The Morgan fingerprint density at radius 2 is 1.84 bits per heavy atom. The quantitative estimate of drug-likeness (QED) is 0.812. The maximum Gasteiger partial charge on any atom is 0.417 e. The molecule has 1 aromatic carbocycles. The fraction of sp³-hybridized carbons (Fsp3) is 0.438. The number of nitrogens with zero attached hydrogens (tertiary/aromatic N) is 4. The van der Waals surface area contributed by atoms with E-state index in [0.717, 1.165) is 31.4 Å². The summed E-state index contributed by atoms with van der Waals surface area (Å²) in [5, 5.41) is 8.96. The van der Waals surface area contributed by atoms with E-state index >= 15 is 0 Å². The van der Waals surface area contributed by atoms with Crippen LogP contribution in [0.5, 0.6) is 0 Å². The van der Waals surface area contributed by atoms with Crippen LogP contribution in [0.3, 0.4) is 0 Å². The van der Waals surface area contributed by atoms with Crippen LogP contribution < -0.4 is 16.4 Å². The average Bonchev–Trinajstić information content (AvgIpc) is 2.53. The summed E-state index contributed by atoms with van der Waals surface area (Å²) in [5.74, 6) is 0.0348. The van der Waals surface area contributed by atoms with Gasteiger partial charge in [-0.2, -0.15) is 23.4 Å². The second-order valence-corrected chi connectivity index (χ2v) is 6.16. The van der Waals surface area contributed by atoms with Gasteiger partial charge in [0.1, 0.15) is 5.66 Å². The van der Waals surface area contributed by atoms with Crippen molar-refractivity contribution in [2.75, 3.05) is 4.90 Å². The zero-order valence-electron chi connectivity index (χ0n) is 13.3. The van der Waals surface area contributed by atoms with Crippen LogP contribution in [0.4, 0.5) is 18.9 Å². The van der Waals surface area contributed by atoms with Gasteiger partial charge in [0.15, 0.2) is 0 Å². The minimum Gasteiger partial charge on any atom is -0.369 e. The van der Waals surface area contributed by atoms with Gasteiger partial charge in [-0.3, -0.25) is 4.90 Å². The molecule has 0 amide bonds. The van der Waals surface area contributed by atoms with E-state index in [4.69, 9.17) is 16.7 Å². The third-order valence-corrected chi connectivity index (χ3v) is 4.54. The van der Waals surface area contributed by atoms with E-state index in [1.54, 1.807) is 6.07 Å². The average molecular weight is 350 g/mol. The summed E-state index contributed by atoms with van der Waals surface area (Å²) in [6.07, 6.45) is -0.670. The molecular formula is C16H17F3N6. The molecule has 0 radical (unpaired) electrons. The van der Waals surface area contributed by atoms with Gasteiger partial charge in [0, 0.05) is 5.69 Å². The molecule has 0 saturated heterocycles. The predicted molar refractivity (Wildman–Crippen MR) is 87.7 cm³/mol. The number of nitrogens with two attached hydrogens (primary N) is 2.